The zero-order chi connectivity index (χ0) is 29.7. The number of aliphatic carboxylic acids is 2. The van der Waals surface area contributed by atoms with Crippen LogP contribution in [0, 0.1) is 50.2 Å². The number of carboxylic acid groups (broad SMARTS) is 2. The average molecular weight is 4560 g/mol. The Morgan fingerprint density at radius 2 is 0.753 bits per heavy atom. The Labute approximate surface area is 1650 Å². The molecule has 4 saturated carbocycles. The van der Waals surface area contributed by atoms with E-state index in [1.54, 1.807) is 7.11 Å². The second-order valence-corrected chi connectivity index (χ2v) is 15.3. The monoisotopic (exact) mass is 4560 g/mol. The number of ether oxygens (including phenoxy) is 2. The Morgan fingerprint density at radius 1 is 0.447 bits per heavy atom. The van der Waals surface area contributed by atoms with Crippen molar-refractivity contribution in [3.63, 3.8) is 0 Å². The number of fused-ring (bicyclic) bond motifs is 7. The molecule has 5 rings (SSSR count). The zero-order valence-electron chi connectivity index (χ0n) is 51.3. The van der Waals surface area contributed by atoms with E-state index in [1.165, 1.54) is 7.11 Å². The minimum Gasteiger partial charge on any atom is -0.481 e. The summed E-state index contributed by atoms with van der Waals surface area (Å²) in [6.45, 7) is 10.4. The standard InChI is InChI=1S/C32H50O8.45Y/c1-27(2)12-14-31(25(35)36)15-13-29(4)18(22(31)23(27)34)8-9-20-28(3)16-19(39-6)24(40-7)32(17-33,26(37)38)21(28)10-11-30(20,29)5;;;;;;;;;;;;;;;;;;;;;;;;;;;;;;;;;;;;;;;;;;;;;/h8,19-24,33-34H,9-17H2,1-7H3,(H,35,36)(H,37,38);;;;;;;;;;;;;;;;;;;;;;;;;;;;;;;;;;;;;;;;;;;;;/t19?,20?,21?,22?,23?,24?,28?,29?,30?,31?,32-;;;;;;;;;;;;;;;;;;;;;;;;;;;;;;;;;;;;;;;;;;;;;/m1............................................./s1. The van der Waals surface area contributed by atoms with Crippen LogP contribution in [0.4, 0.5) is 0 Å². The molecule has 0 amide bonds. The first kappa shape index (κ1) is 274. The van der Waals surface area contributed by atoms with Gasteiger partial charge in [0, 0.05) is 1490 Å². The molecule has 0 aromatic heterocycles. The average Bonchev–Trinajstić information content (AvgIpc) is 2.89. The van der Waals surface area contributed by atoms with Crippen molar-refractivity contribution < 1.29 is 1510 Å². The molecule has 4 N–H and O–H groups in total. The van der Waals surface area contributed by atoms with Crippen molar-refractivity contribution in [2.75, 3.05) is 20.8 Å². The normalized spacial score (nSPS) is 24.2. The maximum absolute atomic E-state index is 13.0. The van der Waals surface area contributed by atoms with Crippen LogP contribution in [0.25, 0.3) is 0 Å². The number of methoxy groups -OCH3 is 2. The molecule has 0 bridgehead atoms. The SMILES string of the molecule is COC1CC2(C)C3CC=C4C5C(O)C(C)(C)CCC5(C(=O)O)CCC4(C)C3(C)CCC2[C@@](CO)(C(=O)O)C1OC.[Y].[Y].[Y].[Y].[Y].[Y].[Y].[Y].[Y].[Y].[Y].[Y].[Y].[Y].[Y].[Y].[Y].[Y].[Y].[Y].[Y].[Y].[Y].[Y].[Y].[Y].[Y].[Y].[Y].[Y].[Y].[Y].[Y].[Y].[Y].[Y].[Y].[Y].[Y].[Y].[Y].[Y].[Y].[Y].[Y]. The van der Waals surface area contributed by atoms with Crippen molar-refractivity contribution in [1.29, 1.82) is 0 Å². The van der Waals surface area contributed by atoms with Crippen molar-refractivity contribution in [2.45, 2.75) is 104 Å². The molecule has 5 aliphatic carbocycles. The predicted molar refractivity (Wildman–Crippen MR) is 148 cm³/mol. The van der Waals surface area contributed by atoms with E-state index >= 15 is 0 Å². The zero-order valence-corrected chi connectivity index (χ0v) is 179. The van der Waals surface area contributed by atoms with Gasteiger partial charge in [0.15, 0.2) is 0 Å². The number of hydrogen-bond acceptors (Lipinski definition) is 6. The second-order valence-electron chi connectivity index (χ2n) is 15.3. The molecule has 85 heavy (non-hydrogen) atoms. The molecular weight excluding hydrogens is 4510 g/mol. The van der Waals surface area contributed by atoms with Crippen molar-refractivity contribution in [3.05, 3.63) is 11.6 Å². The predicted octanol–water partition coefficient (Wildman–Crippen LogP) is 4.41. The number of rotatable bonds is 5. The van der Waals surface area contributed by atoms with Crippen LogP contribution in [-0.2, 0) is 1490 Å². The van der Waals surface area contributed by atoms with Crippen LogP contribution in [0.15, 0.2) is 11.6 Å². The Balaban J connectivity index is -0.0000000110. The third-order valence-electron chi connectivity index (χ3n) is 13.9. The van der Waals surface area contributed by atoms with Crippen LogP contribution < -0.4 is 0 Å². The number of carboxylic acids is 2. The number of hydrogen-bond donors (Lipinski definition) is 4. The fourth-order valence-corrected chi connectivity index (χ4v) is 11.3. The summed E-state index contributed by atoms with van der Waals surface area (Å²) in [5.74, 6) is -2.50. The fraction of sp³-hybridized carbons (Fsp3) is 0.875. The molecule has 0 aliphatic heterocycles. The van der Waals surface area contributed by atoms with E-state index in [4.69, 9.17) is 9.47 Å². The van der Waals surface area contributed by atoms with Crippen LogP contribution >= 0.6 is 0 Å². The molecule has 0 aromatic rings. The molecule has 10 unspecified atom stereocenters. The van der Waals surface area contributed by atoms with Crippen molar-refractivity contribution >= 4 is 11.9 Å². The maximum atomic E-state index is 13.0. The molecule has 0 saturated heterocycles. The van der Waals surface area contributed by atoms with Crippen molar-refractivity contribution in [3.8, 4) is 0 Å². The summed E-state index contributed by atoms with van der Waals surface area (Å²) >= 11 is 0. The Morgan fingerprint density at radius 3 is 1.01 bits per heavy atom. The first-order chi connectivity index (χ1) is 18.6. The van der Waals surface area contributed by atoms with Gasteiger partial charge in [0.05, 0.1) is 24.2 Å². The molecular formula is C32H50O8Y45. The maximum Gasteiger partial charge on any atom is 0.315 e. The van der Waals surface area contributed by atoms with Crippen LogP contribution in [0.5, 0.6) is 0 Å². The first-order valence-electron chi connectivity index (χ1n) is 15.1. The molecule has 45 radical (unpaired) electrons. The topological polar surface area (TPSA) is 134 Å². The molecule has 8 nitrogen and oxygen atoms in total. The summed E-state index contributed by atoms with van der Waals surface area (Å²) in [6.07, 6.45) is 5.42. The summed E-state index contributed by atoms with van der Waals surface area (Å²) in [5, 5.41) is 43.8. The molecule has 0 heterocycles. The third kappa shape index (κ3) is 81.1. The van der Waals surface area contributed by atoms with Gasteiger partial charge in [0.25, 0.3) is 0 Å². The quantitative estimate of drug-likeness (QED) is 0.298. The van der Waals surface area contributed by atoms with Gasteiger partial charge < -0.3 is 29.9 Å². The van der Waals surface area contributed by atoms with Gasteiger partial charge in [-0.3, -0.25) is 9.59 Å². The van der Waals surface area contributed by atoms with Crippen LogP contribution in [0.1, 0.15) is 86.0 Å². The van der Waals surface area contributed by atoms with Gasteiger partial charge in [-0.1, -0.05) is 46.3 Å². The van der Waals surface area contributed by atoms with Crippen LogP contribution in [-0.4, -0.2) is 71.5 Å². The van der Waals surface area contributed by atoms with Crippen molar-refractivity contribution in [1.82, 2.24) is 0 Å². The summed E-state index contributed by atoms with van der Waals surface area (Å²) in [6, 6.07) is 0. The smallest absolute Gasteiger partial charge is 0.315 e. The minimum absolute atomic E-state index is 0. The fourth-order valence-electron chi connectivity index (χ4n) is 11.3. The van der Waals surface area contributed by atoms with E-state index in [2.05, 4.69) is 40.7 Å². The van der Waals surface area contributed by atoms with Gasteiger partial charge in [-0.25, -0.2) is 0 Å². The summed E-state index contributed by atoms with van der Waals surface area (Å²) < 4.78 is 11.7. The second kappa shape index (κ2) is 150. The van der Waals surface area contributed by atoms with Gasteiger partial charge in [-0.2, -0.15) is 0 Å². The molecule has 0 spiro atoms. The van der Waals surface area contributed by atoms with E-state index in [9.17, 15) is 30.0 Å². The Kier molecular flexibility index (Phi) is 483. The van der Waals surface area contributed by atoms with Gasteiger partial charge in [0.1, 0.15) is 11.5 Å². The largest absolute Gasteiger partial charge is 0.481 e. The molecule has 361 valence electrons. The van der Waals surface area contributed by atoms with E-state index < -0.39 is 59.0 Å². The Bertz CT molecular complexity index is 1190. The van der Waals surface area contributed by atoms with E-state index in [0.29, 0.717) is 38.5 Å². The van der Waals surface area contributed by atoms with E-state index in [1.807, 2.05) is 0 Å². The summed E-state index contributed by atoms with van der Waals surface area (Å²) in [7, 11) is 3.09. The third-order valence-corrected chi connectivity index (χ3v) is 13.9. The summed E-state index contributed by atoms with van der Waals surface area (Å²) in [5.41, 5.74) is -2.76. The minimum atomic E-state index is -1.48. The van der Waals surface area contributed by atoms with Gasteiger partial charge in [0.2, 0.25) is 0 Å². The summed E-state index contributed by atoms with van der Waals surface area (Å²) in [4.78, 5) is 25.9. The van der Waals surface area contributed by atoms with Crippen LogP contribution in [0.3, 0.4) is 0 Å². The molecule has 11 atom stereocenters. The number of carbonyl (C=O) groups is 2. The first-order valence-corrected chi connectivity index (χ1v) is 15.1. The van der Waals surface area contributed by atoms with E-state index in [0.717, 1.165) is 18.4 Å². The van der Waals surface area contributed by atoms with Crippen LogP contribution in [0.2, 0.25) is 0 Å². The number of allylic oxidation sites excluding steroid dienone is 1. The number of aliphatic hydroxyl groups is 2. The Hall–Kier alpha value is 48.2. The molecule has 5 aliphatic rings. The molecule has 4 fully saturated rings. The van der Waals surface area contributed by atoms with E-state index in [-0.39, 0.29) is 1500 Å². The molecule has 0 aromatic carbocycles. The number of aliphatic hydroxyl groups excluding tert-OH is 2. The van der Waals surface area contributed by atoms with Gasteiger partial charge in [-0.05, 0) is 84.9 Å². The van der Waals surface area contributed by atoms with Gasteiger partial charge in [-0.15, -0.1) is 0 Å². The molecule has 53 heteroatoms. The van der Waals surface area contributed by atoms with Crippen molar-refractivity contribution in [2.24, 2.45) is 50.2 Å². The van der Waals surface area contributed by atoms with Gasteiger partial charge >= 0.3 is 11.9 Å².